The zero-order chi connectivity index (χ0) is 10.7. The third kappa shape index (κ3) is 2.51. The summed E-state index contributed by atoms with van der Waals surface area (Å²) in [4.78, 5) is 8.36. The van der Waals surface area contributed by atoms with Gasteiger partial charge in [0.25, 0.3) is 5.09 Å². The molecule has 0 aliphatic carbocycles. The van der Waals surface area contributed by atoms with Gasteiger partial charge >= 0.3 is 0 Å². The molecule has 0 bridgehead atoms. The van der Waals surface area contributed by atoms with Gasteiger partial charge < -0.3 is 24.9 Å². The summed E-state index contributed by atoms with van der Waals surface area (Å²) in [5, 5.41) is 32.0. The van der Waals surface area contributed by atoms with E-state index >= 15 is 0 Å². The normalized spacial score (nSPS) is 39.9. The maximum absolute atomic E-state index is 9.16. The molecule has 0 spiro atoms. The summed E-state index contributed by atoms with van der Waals surface area (Å²) in [5.41, 5.74) is 0. The molecule has 0 amide bonds. The fraction of sp³-hybridized carbons (Fsp3) is 1.00. The largest absolute Gasteiger partial charge is 0.388 e. The Morgan fingerprint density at radius 3 is 1.71 bits per heavy atom. The lowest BCUT2D eigenvalue weighted by atomic mass is 10.1. The molecule has 14 heavy (non-hydrogen) atoms. The zero-order valence-electron chi connectivity index (χ0n) is 7.15. The van der Waals surface area contributed by atoms with Crippen molar-refractivity contribution in [2.45, 2.75) is 24.4 Å². The van der Waals surface area contributed by atoms with Crippen molar-refractivity contribution < 1.29 is 30.0 Å². The number of hydrogen-bond acceptors (Lipinski definition) is 6. The molecular formula is C6H11NO7. The second-order valence-corrected chi connectivity index (χ2v) is 2.97. The van der Waals surface area contributed by atoms with Gasteiger partial charge in [0.2, 0.25) is 0 Å². The average molecular weight is 209 g/mol. The third-order valence-electron chi connectivity index (χ3n) is 2.00. The second kappa shape index (κ2) is 4.51. The van der Waals surface area contributed by atoms with Gasteiger partial charge in [-0.3, -0.25) is 0 Å². The number of ether oxygens (including phenoxy) is 2. The van der Waals surface area contributed by atoms with E-state index in [1.807, 2.05) is 0 Å². The zero-order valence-corrected chi connectivity index (χ0v) is 7.15. The highest BCUT2D eigenvalue weighted by Crippen LogP contribution is 2.26. The highest BCUT2D eigenvalue weighted by atomic mass is 16.9. The Hall–Kier alpha value is -0.960. The average Bonchev–Trinajstić information content (AvgIpc) is 2.57. The standard InChI is InChI=1S/C6H10O4.HNO3/c7-3-1-9-6-4(8)2-10-5(3)6;2-1(3)4/h3-8H,1-2H2;(H,2,3,4)/t3-,4+,5-,6-;/m1./s1. The Kier molecular flexibility index (Phi) is 3.58. The van der Waals surface area contributed by atoms with Gasteiger partial charge in [-0.1, -0.05) is 0 Å². The minimum atomic E-state index is -1.50. The molecule has 2 saturated heterocycles. The molecule has 3 N–H and O–H groups in total. The summed E-state index contributed by atoms with van der Waals surface area (Å²) in [6.07, 6.45) is -1.70. The van der Waals surface area contributed by atoms with Crippen LogP contribution in [0.1, 0.15) is 0 Å². The van der Waals surface area contributed by atoms with Crippen LogP contribution >= 0.6 is 0 Å². The van der Waals surface area contributed by atoms with Crippen molar-refractivity contribution in [3.8, 4) is 0 Å². The first-order valence-electron chi connectivity index (χ1n) is 3.95. The summed E-state index contributed by atoms with van der Waals surface area (Å²) >= 11 is 0. The smallest absolute Gasteiger partial charge is 0.291 e. The van der Waals surface area contributed by atoms with Crippen LogP contribution in [-0.2, 0) is 9.47 Å². The molecule has 8 nitrogen and oxygen atoms in total. The topological polar surface area (TPSA) is 122 Å². The summed E-state index contributed by atoms with van der Waals surface area (Å²) in [6.45, 7) is 0.568. The Morgan fingerprint density at radius 1 is 1.14 bits per heavy atom. The van der Waals surface area contributed by atoms with Crippen molar-refractivity contribution in [2.75, 3.05) is 13.2 Å². The minimum Gasteiger partial charge on any atom is -0.388 e. The van der Waals surface area contributed by atoms with Gasteiger partial charge in [0, 0.05) is 0 Å². The molecular weight excluding hydrogens is 198 g/mol. The Morgan fingerprint density at radius 2 is 1.43 bits per heavy atom. The summed E-state index contributed by atoms with van der Waals surface area (Å²) < 4.78 is 10.2. The summed E-state index contributed by atoms with van der Waals surface area (Å²) in [5.74, 6) is 0. The Labute approximate surface area is 78.8 Å². The fourth-order valence-electron chi connectivity index (χ4n) is 1.46. The molecule has 2 fully saturated rings. The van der Waals surface area contributed by atoms with Crippen LogP contribution in [0.15, 0.2) is 0 Å². The van der Waals surface area contributed by atoms with Crippen LogP contribution in [0.5, 0.6) is 0 Å². The van der Waals surface area contributed by atoms with Crippen molar-refractivity contribution in [2.24, 2.45) is 0 Å². The number of aliphatic hydroxyl groups is 2. The second-order valence-electron chi connectivity index (χ2n) is 2.97. The highest BCUT2D eigenvalue weighted by molar-refractivity contribution is 4.93. The van der Waals surface area contributed by atoms with Crippen molar-refractivity contribution in [1.82, 2.24) is 0 Å². The van der Waals surface area contributed by atoms with Gasteiger partial charge in [-0.2, -0.15) is 0 Å². The molecule has 0 radical (unpaired) electrons. The lowest BCUT2D eigenvalue weighted by Crippen LogP contribution is -2.30. The molecule has 0 unspecified atom stereocenters. The van der Waals surface area contributed by atoms with E-state index in [0.29, 0.717) is 0 Å². The molecule has 0 aromatic carbocycles. The molecule has 2 heterocycles. The minimum absolute atomic E-state index is 0.284. The van der Waals surface area contributed by atoms with Crippen LogP contribution in [-0.4, -0.2) is 58.1 Å². The maximum Gasteiger partial charge on any atom is 0.291 e. The van der Waals surface area contributed by atoms with Gasteiger partial charge in [-0.05, 0) is 0 Å². The molecule has 4 atom stereocenters. The lowest BCUT2D eigenvalue weighted by molar-refractivity contribution is -0.742. The highest BCUT2D eigenvalue weighted by Gasteiger charge is 2.46. The predicted octanol–water partition coefficient (Wildman–Crippen LogP) is -1.84. The van der Waals surface area contributed by atoms with Crippen LogP contribution < -0.4 is 0 Å². The summed E-state index contributed by atoms with van der Waals surface area (Å²) in [7, 11) is 0. The molecule has 2 aliphatic rings. The van der Waals surface area contributed by atoms with E-state index in [1.165, 1.54) is 0 Å². The van der Waals surface area contributed by atoms with E-state index in [4.69, 9.17) is 35.0 Å². The van der Waals surface area contributed by atoms with Crippen LogP contribution in [0.2, 0.25) is 0 Å². The number of nitrogens with zero attached hydrogens (tertiary/aromatic N) is 1. The molecule has 2 aliphatic heterocycles. The number of hydrogen-bond donors (Lipinski definition) is 3. The van der Waals surface area contributed by atoms with E-state index < -0.39 is 17.3 Å². The summed E-state index contributed by atoms with van der Waals surface area (Å²) in [6, 6.07) is 0. The van der Waals surface area contributed by atoms with Crippen LogP contribution in [0.4, 0.5) is 0 Å². The van der Waals surface area contributed by atoms with E-state index in [9.17, 15) is 0 Å². The molecule has 8 heteroatoms. The van der Waals surface area contributed by atoms with Gasteiger partial charge in [0.05, 0.1) is 13.2 Å². The van der Waals surface area contributed by atoms with Crippen molar-refractivity contribution in [3.05, 3.63) is 10.1 Å². The first-order valence-corrected chi connectivity index (χ1v) is 3.95. The predicted molar refractivity (Wildman–Crippen MR) is 40.3 cm³/mol. The van der Waals surface area contributed by atoms with Gasteiger partial charge in [-0.25, -0.2) is 0 Å². The first-order chi connectivity index (χ1) is 6.52. The van der Waals surface area contributed by atoms with Crippen LogP contribution in [0.25, 0.3) is 0 Å². The van der Waals surface area contributed by atoms with Crippen molar-refractivity contribution >= 4 is 0 Å². The molecule has 0 saturated carbocycles. The van der Waals surface area contributed by atoms with E-state index in [0.717, 1.165) is 0 Å². The molecule has 2 rings (SSSR count). The van der Waals surface area contributed by atoms with Gasteiger partial charge in [0.15, 0.2) is 0 Å². The number of aliphatic hydroxyl groups excluding tert-OH is 2. The molecule has 0 aromatic rings. The third-order valence-corrected chi connectivity index (χ3v) is 2.00. The van der Waals surface area contributed by atoms with Crippen molar-refractivity contribution in [1.29, 1.82) is 0 Å². The van der Waals surface area contributed by atoms with Gasteiger partial charge in [0.1, 0.15) is 24.4 Å². The Bertz CT molecular complexity index is 190. The quantitative estimate of drug-likeness (QED) is 0.316. The maximum atomic E-state index is 9.16. The Balaban J connectivity index is 0.000000213. The van der Waals surface area contributed by atoms with E-state index in [-0.39, 0.29) is 25.4 Å². The molecule has 82 valence electrons. The van der Waals surface area contributed by atoms with Gasteiger partial charge in [-0.15, -0.1) is 10.1 Å². The lowest BCUT2D eigenvalue weighted by Gasteiger charge is -2.09. The molecule has 0 aromatic heterocycles. The fourth-order valence-corrected chi connectivity index (χ4v) is 1.46. The van der Waals surface area contributed by atoms with Crippen LogP contribution in [0.3, 0.4) is 0 Å². The number of rotatable bonds is 0. The van der Waals surface area contributed by atoms with E-state index in [2.05, 4.69) is 0 Å². The SMILES string of the molecule is O=[N+]([O-])O.O[C@@H]1CO[C@H]2[C@@H]1OC[C@@H]2O. The first kappa shape index (κ1) is 11.1. The number of fused-ring (bicyclic) bond motifs is 1. The van der Waals surface area contributed by atoms with Crippen molar-refractivity contribution in [3.63, 3.8) is 0 Å². The monoisotopic (exact) mass is 209 g/mol. The van der Waals surface area contributed by atoms with Crippen LogP contribution in [0, 0.1) is 10.1 Å². The van der Waals surface area contributed by atoms with E-state index in [1.54, 1.807) is 0 Å².